The molecule has 0 bridgehead atoms. The molecule has 0 saturated heterocycles. The van der Waals surface area contributed by atoms with Gasteiger partial charge in [-0.15, -0.1) is 0 Å². The molecule has 2 rings (SSSR count). The van der Waals surface area contributed by atoms with E-state index in [9.17, 15) is 9.90 Å². The Morgan fingerprint density at radius 3 is 2.50 bits per heavy atom. The smallest absolute Gasteiger partial charge is 0.254 e. The van der Waals surface area contributed by atoms with Gasteiger partial charge >= 0.3 is 0 Å². The van der Waals surface area contributed by atoms with E-state index in [1.807, 2.05) is 24.3 Å². The molecule has 0 aliphatic carbocycles. The van der Waals surface area contributed by atoms with Crippen molar-refractivity contribution < 1.29 is 14.4 Å². The van der Waals surface area contributed by atoms with E-state index >= 15 is 0 Å². The van der Waals surface area contributed by atoms with Gasteiger partial charge in [0.25, 0.3) is 5.91 Å². The normalized spacial score (nSPS) is 11.5. The van der Waals surface area contributed by atoms with Gasteiger partial charge in [-0.05, 0) is 44.4 Å². The average Bonchev–Trinajstić information content (AvgIpc) is 2.97. The lowest BCUT2D eigenvalue weighted by Gasteiger charge is -2.17. The molecule has 0 fully saturated rings. The first kappa shape index (κ1) is 16.2. The Bertz CT molecular complexity index is 598. The molecule has 0 aliphatic rings. The van der Waals surface area contributed by atoms with Crippen molar-refractivity contribution in [2.24, 2.45) is 0 Å². The second-order valence-corrected chi connectivity index (χ2v) is 6.15. The number of carbonyl (C=O) groups excluding carboxylic acids is 1. The van der Waals surface area contributed by atoms with Gasteiger partial charge in [-0.3, -0.25) is 4.79 Å². The molecule has 1 aromatic carbocycles. The zero-order valence-electron chi connectivity index (χ0n) is 13.2. The van der Waals surface area contributed by atoms with Gasteiger partial charge in [0.05, 0.1) is 18.3 Å². The molecule has 5 nitrogen and oxygen atoms in total. The van der Waals surface area contributed by atoms with Crippen LogP contribution >= 0.6 is 0 Å². The summed E-state index contributed by atoms with van der Waals surface area (Å²) in [7, 11) is 1.73. The second kappa shape index (κ2) is 6.75. The number of benzene rings is 1. The summed E-state index contributed by atoms with van der Waals surface area (Å²) >= 11 is 0. The molecule has 118 valence electrons. The zero-order valence-corrected chi connectivity index (χ0v) is 13.2. The fourth-order valence-electron chi connectivity index (χ4n) is 2.11. The first-order valence-electron chi connectivity index (χ1n) is 7.31. The van der Waals surface area contributed by atoms with E-state index in [4.69, 9.17) is 4.52 Å². The van der Waals surface area contributed by atoms with Crippen molar-refractivity contribution in [2.45, 2.75) is 38.8 Å². The van der Waals surface area contributed by atoms with Gasteiger partial charge in [-0.25, -0.2) is 0 Å². The molecule has 0 aliphatic heterocycles. The van der Waals surface area contributed by atoms with Crippen molar-refractivity contribution in [1.29, 1.82) is 0 Å². The van der Waals surface area contributed by atoms with E-state index in [0.717, 1.165) is 12.0 Å². The first-order valence-corrected chi connectivity index (χ1v) is 7.31. The molecule has 1 N–H and O–H groups in total. The summed E-state index contributed by atoms with van der Waals surface area (Å²) in [4.78, 5) is 13.9. The van der Waals surface area contributed by atoms with Crippen LogP contribution in [0.5, 0.6) is 0 Å². The zero-order chi connectivity index (χ0) is 16.2. The highest BCUT2D eigenvalue weighted by Crippen LogP contribution is 2.15. The van der Waals surface area contributed by atoms with Crippen LogP contribution in [0.2, 0.25) is 0 Å². The standard InChI is InChI=1S/C17H22N2O3/c1-17(2,21)10-8-13-4-6-14(7-5-13)16(20)19(3)12-15-9-11-18-22-15/h4-7,9,11,21H,8,10,12H2,1-3H3. The minimum absolute atomic E-state index is 0.0644. The van der Waals surface area contributed by atoms with Crippen LogP contribution < -0.4 is 0 Å². The Morgan fingerprint density at radius 2 is 1.95 bits per heavy atom. The third kappa shape index (κ3) is 4.70. The Labute approximate surface area is 130 Å². The molecule has 0 radical (unpaired) electrons. The predicted molar refractivity (Wildman–Crippen MR) is 83.4 cm³/mol. The number of carbonyl (C=O) groups is 1. The maximum absolute atomic E-state index is 12.3. The minimum Gasteiger partial charge on any atom is -0.390 e. The van der Waals surface area contributed by atoms with Crippen LogP contribution in [-0.4, -0.2) is 33.7 Å². The molecule has 0 atom stereocenters. The van der Waals surface area contributed by atoms with E-state index < -0.39 is 5.60 Å². The van der Waals surface area contributed by atoms with Crippen molar-refractivity contribution in [3.8, 4) is 0 Å². The van der Waals surface area contributed by atoms with Gasteiger partial charge in [0.1, 0.15) is 0 Å². The van der Waals surface area contributed by atoms with Crippen molar-refractivity contribution >= 4 is 5.91 Å². The topological polar surface area (TPSA) is 66.6 Å². The summed E-state index contributed by atoms with van der Waals surface area (Å²) in [6.45, 7) is 3.98. The highest BCUT2D eigenvalue weighted by molar-refractivity contribution is 5.94. The summed E-state index contributed by atoms with van der Waals surface area (Å²) in [5.41, 5.74) is 1.07. The molecular weight excluding hydrogens is 280 g/mol. The van der Waals surface area contributed by atoms with Crippen LogP contribution in [0.3, 0.4) is 0 Å². The van der Waals surface area contributed by atoms with Gasteiger partial charge < -0.3 is 14.5 Å². The van der Waals surface area contributed by atoms with Crippen LogP contribution in [-0.2, 0) is 13.0 Å². The van der Waals surface area contributed by atoms with Crippen LogP contribution in [0.25, 0.3) is 0 Å². The van der Waals surface area contributed by atoms with Crippen LogP contribution in [0.1, 0.15) is 41.9 Å². The number of hydrogen-bond acceptors (Lipinski definition) is 4. The van der Waals surface area contributed by atoms with Crippen LogP contribution in [0, 0.1) is 0 Å². The fraction of sp³-hybridized carbons (Fsp3) is 0.412. The Hall–Kier alpha value is -2.14. The summed E-state index contributed by atoms with van der Waals surface area (Å²) in [5, 5.41) is 13.4. The summed E-state index contributed by atoms with van der Waals surface area (Å²) in [6, 6.07) is 9.24. The molecule has 1 amide bonds. The Morgan fingerprint density at radius 1 is 1.27 bits per heavy atom. The molecule has 5 heteroatoms. The van der Waals surface area contributed by atoms with E-state index in [1.165, 1.54) is 0 Å². The number of aromatic nitrogens is 1. The van der Waals surface area contributed by atoms with Gasteiger partial charge in [0.15, 0.2) is 5.76 Å². The second-order valence-electron chi connectivity index (χ2n) is 6.15. The van der Waals surface area contributed by atoms with Gasteiger partial charge in [0.2, 0.25) is 0 Å². The third-order valence-corrected chi connectivity index (χ3v) is 3.46. The lowest BCUT2D eigenvalue weighted by molar-refractivity contribution is 0.0712. The van der Waals surface area contributed by atoms with Crippen molar-refractivity contribution in [2.75, 3.05) is 7.05 Å². The van der Waals surface area contributed by atoms with Crippen LogP contribution in [0.4, 0.5) is 0 Å². The number of aliphatic hydroxyl groups is 1. The maximum Gasteiger partial charge on any atom is 0.254 e. The highest BCUT2D eigenvalue weighted by atomic mass is 16.5. The van der Waals surface area contributed by atoms with E-state index in [-0.39, 0.29) is 5.91 Å². The van der Waals surface area contributed by atoms with Gasteiger partial charge in [-0.2, -0.15) is 0 Å². The lowest BCUT2D eigenvalue weighted by atomic mass is 9.98. The highest BCUT2D eigenvalue weighted by Gasteiger charge is 2.15. The van der Waals surface area contributed by atoms with E-state index in [0.29, 0.717) is 24.3 Å². The SMILES string of the molecule is CN(Cc1ccno1)C(=O)c1ccc(CCC(C)(C)O)cc1. The third-order valence-electron chi connectivity index (χ3n) is 3.46. The van der Waals surface area contributed by atoms with Crippen molar-refractivity contribution in [3.05, 3.63) is 53.4 Å². The number of rotatable bonds is 6. The van der Waals surface area contributed by atoms with Crippen LogP contribution in [0.15, 0.2) is 41.1 Å². The molecule has 1 aromatic heterocycles. The summed E-state index contributed by atoms with van der Waals surface area (Å²) in [5.74, 6) is 0.586. The average molecular weight is 302 g/mol. The summed E-state index contributed by atoms with van der Waals surface area (Å²) < 4.78 is 5.01. The quantitative estimate of drug-likeness (QED) is 0.891. The predicted octanol–water partition coefficient (Wildman–Crippen LogP) is 2.65. The Kier molecular flexibility index (Phi) is 4.98. The molecular formula is C17H22N2O3. The number of amides is 1. The summed E-state index contributed by atoms with van der Waals surface area (Å²) in [6.07, 6.45) is 3.03. The molecule has 22 heavy (non-hydrogen) atoms. The largest absolute Gasteiger partial charge is 0.390 e. The molecule has 0 spiro atoms. The molecule has 0 saturated carbocycles. The van der Waals surface area contributed by atoms with Crippen molar-refractivity contribution in [3.63, 3.8) is 0 Å². The number of nitrogens with zero attached hydrogens (tertiary/aromatic N) is 2. The van der Waals surface area contributed by atoms with Gasteiger partial charge in [-0.1, -0.05) is 17.3 Å². The number of aryl methyl sites for hydroxylation is 1. The van der Waals surface area contributed by atoms with Gasteiger partial charge in [0, 0.05) is 18.7 Å². The molecule has 0 unspecified atom stereocenters. The van der Waals surface area contributed by atoms with E-state index in [1.54, 1.807) is 38.1 Å². The fourth-order valence-corrected chi connectivity index (χ4v) is 2.11. The maximum atomic E-state index is 12.3. The van der Waals surface area contributed by atoms with Crippen molar-refractivity contribution in [1.82, 2.24) is 10.1 Å². The molecule has 1 heterocycles. The molecule has 2 aromatic rings. The Balaban J connectivity index is 1.95. The lowest BCUT2D eigenvalue weighted by Crippen LogP contribution is -2.26. The monoisotopic (exact) mass is 302 g/mol. The number of hydrogen-bond donors (Lipinski definition) is 1. The minimum atomic E-state index is -0.675. The first-order chi connectivity index (χ1) is 10.3. The van der Waals surface area contributed by atoms with E-state index in [2.05, 4.69) is 5.16 Å².